The molecule has 112 valence electrons. The number of carbonyl (C=O) groups is 1. The molecule has 0 saturated heterocycles. The first-order valence-electron chi connectivity index (χ1n) is 6.76. The molecule has 0 amide bonds. The van der Waals surface area contributed by atoms with E-state index in [2.05, 4.69) is 22.0 Å². The van der Waals surface area contributed by atoms with E-state index < -0.39 is 11.8 Å². The van der Waals surface area contributed by atoms with E-state index in [-0.39, 0.29) is 5.56 Å². The van der Waals surface area contributed by atoms with Crippen molar-refractivity contribution in [2.24, 2.45) is 0 Å². The standard InChI is InChI=1S/C15H18FN3O2/c1-3-6-19-10-17-8-12(19)9-18-14-5-4-11(16)7-13(14)15(20)21-2/h4-5,7-8,10,18H,3,6,9H2,1-2H3. The molecule has 21 heavy (non-hydrogen) atoms. The number of imidazole rings is 1. The van der Waals surface area contributed by atoms with E-state index in [1.807, 2.05) is 4.57 Å². The Hall–Kier alpha value is -2.37. The van der Waals surface area contributed by atoms with Crippen molar-refractivity contribution in [1.29, 1.82) is 0 Å². The number of rotatable bonds is 6. The van der Waals surface area contributed by atoms with Gasteiger partial charge >= 0.3 is 5.97 Å². The van der Waals surface area contributed by atoms with Gasteiger partial charge in [0.05, 0.1) is 31.2 Å². The molecule has 0 aliphatic heterocycles. The highest BCUT2D eigenvalue weighted by Crippen LogP contribution is 2.19. The number of anilines is 1. The summed E-state index contributed by atoms with van der Waals surface area (Å²) in [7, 11) is 1.27. The van der Waals surface area contributed by atoms with Crippen molar-refractivity contribution in [1.82, 2.24) is 9.55 Å². The number of hydrogen-bond donors (Lipinski definition) is 1. The van der Waals surface area contributed by atoms with Gasteiger partial charge in [0, 0.05) is 18.4 Å². The highest BCUT2D eigenvalue weighted by atomic mass is 19.1. The SMILES string of the molecule is CCCn1cncc1CNc1ccc(F)cc1C(=O)OC. The molecule has 6 heteroatoms. The van der Waals surface area contributed by atoms with Crippen LogP contribution in [0.15, 0.2) is 30.7 Å². The van der Waals surface area contributed by atoms with Crippen molar-refractivity contribution in [3.8, 4) is 0 Å². The van der Waals surface area contributed by atoms with Gasteiger partial charge in [-0.25, -0.2) is 14.2 Å². The lowest BCUT2D eigenvalue weighted by Crippen LogP contribution is -2.11. The van der Waals surface area contributed by atoms with Crippen molar-refractivity contribution in [3.05, 3.63) is 47.8 Å². The summed E-state index contributed by atoms with van der Waals surface area (Å²) < 4.78 is 20.0. The minimum absolute atomic E-state index is 0.180. The van der Waals surface area contributed by atoms with Crippen LogP contribution in [0.2, 0.25) is 0 Å². The lowest BCUT2D eigenvalue weighted by atomic mass is 10.1. The number of nitrogens with one attached hydrogen (secondary N) is 1. The van der Waals surface area contributed by atoms with Gasteiger partial charge in [0.25, 0.3) is 0 Å². The maximum absolute atomic E-state index is 13.3. The van der Waals surface area contributed by atoms with Crippen molar-refractivity contribution in [3.63, 3.8) is 0 Å². The van der Waals surface area contributed by atoms with Crippen LogP contribution in [0, 0.1) is 5.82 Å². The monoisotopic (exact) mass is 291 g/mol. The van der Waals surface area contributed by atoms with Gasteiger partial charge in [-0.3, -0.25) is 0 Å². The number of esters is 1. The summed E-state index contributed by atoms with van der Waals surface area (Å²) in [6, 6.07) is 4.00. The average molecular weight is 291 g/mol. The molecule has 0 aliphatic rings. The lowest BCUT2D eigenvalue weighted by Gasteiger charge is -2.12. The molecule has 1 N–H and O–H groups in total. The molecular weight excluding hydrogens is 273 g/mol. The molecule has 0 aliphatic carbocycles. The zero-order chi connectivity index (χ0) is 15.2. The summed E-state index contributed by atoms with van der Waals surface area (Å²) in [5.74, 6) is -1.05. The quantitative estimate of drug-likeness (QED) is 0.831. The van der Waals surface area contributed by atoms with Gasteiger partial charge in [-0.1, -0.05) is 6.92 Å². The minimum Gasteiger partial charge on any atom is -0.465 e. The van der Waals surface area contributed by atoms with Crippen LogP contribution < -0.4 is 5.32 Å². The van der Waals surface area contributed by atoms with Gasteiger partial charge in [0.1, 0.15) is 5.82 Å². The fourth-order valence-corrected chi connectivity index (χ4v) is 2.07. The highest BCUT2D eigenvalue weighted by Gasteiger charge is 2.13. The van der Waals surface area contributed by atoms with Crippen molar-refractivity contribution in [2.75, 3.05) is 12.4 Å². The second-order valence-electron chi connectivity index (χ2n) is 4.61. The maximum Gasteiger partial charge on any atom is 0.340 e. The Morgan fingerprint density at radius 3 is 3.00 bits per heavy atom. The maximum atomic E-state index is 13.3. The number of aryl methyl sites for hydroxylation is 1. The van der Waals surface area contributed by atoms with E-state index in [0.717, 1.165) is 24.7 Å². The highest BCUT2D eigenvalue weighted by molar-refractivity contribution is 5.95. The summed E-state index contributed by atoms with van der Waals surface area (Å²) in [5.41, 5.74) is 1.71. The summed E-state index contributed by atoms with van der Waals surface area (Å²) in [6.07, 6.45) is 4.55. The van der Waals surface area contributed by atoms with Gasteiger partial charge in [0.2, 0.25) is 0 Å². The third-order valence-corrected chi connectivity index (χ3v) is 3.11. The Balaban J connectivity index is 2.16. The van der Waals surface area contributed by atoms with Crippen LogP contribution in [-0.2, 0) is 17.8 Å². The molecule has 0 bridgehead atoms. The summed E-state index contributed by atoms with van der Waals surface area (Å²) >= 11 is 0. The van der Waals surface area contributed by atoms with E-state index >= 15 is 0 Å². The van der Waals surface area contributed by atoms with E-state index in [1.54, 1.807) is 12.5 Å². The van der Waals surface area contributed by atoms with Crippen LogP contribution in [0.5, 0.6) is 0 Å². The normalized spacial score (nSPS) is 10.4. The Kier molecular flexibility index (Phi) is 4.92. The fourth-order valence-electron chi connectivity index (χ4n) is 2.07. The van der Waals surface area contributed by atoms with Gasteiger partial charge in [-0.05, 0) is 24.6 Å². The van der Waals surface area contributed by atoms with Gasteiger partial charge in [0.15, 0.2) is 0 Å². The zero-order valence-corrected chi connectivity index (χ0v) is 12.1. The van der Waals surface area contributed by atoms with E-state index in [1.165, 1.54) is 19.2 Å². The molecule has 2 rings (SSSR count). The van der Waals surface area contributed by atoms with Crippen LogP contribution in [0.25, 0.3) is 0 Å². The zero-order valence-electron chi connectivity index (χ0n) is 12.1. The number of aromatic nitrogens is 2. The Morgan fingerprint density at radius 2 is 2.29 bits per heavy atom. The predicted molar refractivity (Wildman–Crippen MR) is 77.6 cm³/mol. The first kappa shape index (κ1) is 15.0. The molecule has 2 aromatic rings. The molecular formula is C15H18FN3O2. The largest absolute Gasteiger partial charge is 0.465 e. The summed E-state index contributed by atoms with van der Waals surface area (Å²) in [5, 5.41) is 3.13. The van der Waals surface area contributed by atoms with Crippen LogP contribution in [0.3, 0.4) is 0 Å². The van der Waals surface area contributed by atoms with Gasteiger partial charge in [-0.2, -0.15) is 0 Å². The molecule has 0 radical (unpaired) electrons. The Labute approximate surface area is 122 Å². The lowest BCUT2D eigenvalue weighted by molar-refractivity contribution is 0.0601. The summed E-state index contributed by atoms with van der Waals surface area (Å²) in [4.78, 5) is 15.8. The van der Waals surface area contributed by atoms with E-state index in [9.17, 15) is 9.18 Å². The molecule has 0 fully saturated rings. The van der Waals surface area contributed by atoms with Gasteiger partial charge in [-0.15, -0.1) is 0 Å². The van der Waals surface area contributed by atoms with Crippen molar-refractivity contribution < 1.29 is 13.9 Å². The van der Waals surface area contributed by atoms with Crippen LogP contribution in [-0.4, -0.2) is 22.6 Å². The number of nitrogens with zero attached hydrogens (tertiary/aromatic N) is 2. The number of halogens is 1. The second-order valence-corrected chi connectivity index (χ2v) is 4.61. The Morgan fingerprint density at radius 1 is 1.48 bits per heavy atom. The van der Waals surface area contributed by atoms with Crippen LogP contribution >= 0.6 is 0 Å². The van der Waals surface area contributed by atoms with E-state index in [4.69, 9.17) is 0 Å². The van der Waals surface area contributed by atoms with Crippen molar-refractivity contribution >= 4 is 11.7 Å². The number of benzene rings is 1. The summed E-state index contributed by atoms with van der Waals surface area (Å²) in [6.45, 7) is 3.46. The first-order valence-corrected chi connectivity index (χ1v) is 6.76. The number of hydrogen-bond acceptors (Lipinski definition) is 4. The van der Waals surface area contributed by atoms with Gasteiger partial charge < -0.3 is 14.6 Å². The number of carbonyl (C=O) groups excluding carboxylic acids is 1. The van der Waals surface area contributed by atoms with Crippen molar-refractivity contribution in [2.45, 2.75) is 26.4 Å². The topological polar surface area (TPSA) is 56.2 Å². The first-order chi connectivity index (χ1) is 10.2. The number of ether oxygens (including phenoxy) is 1. The third kappa shape index (κ3) is 3.59. The molecule has 1 heterocycles. The molecule has 1 aromatic heterocycles. The molecule has 0 atom stereocenters. The van der Waals surface area contributed by atoms with E-state index in [0.29, 0.717) is 12.2 Å². The average Bonchev–Trinajstić information content (AvgIpc) is 2.93. The third-order valence-electron chi connectivity index (χ3n) is 3.11. The minimum atomic E-state index is -0.570. The Bertz CT molecular complexity index is 625. The molecule has 0 saturated carbocycles. The molecule has 5 nitrogen and oxygen atoms in total. The molecule has 0 unspecified atom stereocenters. The second kappa shape index (κ2) is 6.88. The smallest absolute Gasteiger partial charge is 0.340 e. The van der Waals surface area contributed by atoms with Crippen LogP contribution in [0.1, 0.15) is 29.4 Å². The molecule has 0 spiro atoms. The molecule has 1 aromatic carbocycles. The predicted octanol–water partition coefficient (Wildman–Crippen LogP) is 2.83. The number of methoxy groups -OCH3 is 1. The fraction of sp³-hybridized carbons (Fsp3) is 0.333. The van der Waals surface area contributed by atoms with Crippen LogP contribution in [0.4, 0.5) is 10.1 Å².